The van der Waals surface area contributed by atoms with Crippen molar-refractivity contribution in [2.45, 2.75) is 37.8 Å². The van der Waals surface area contributed by atoms with Gasteiger partial charge in [-0.05, 0) is 80.1 Å². The summed E-state index contributed by atoms with van der Waals surface area (Å²) in [6, 6.07) is 14.7. The maximum Gasteiger partial charge on any atom is 0.267 e. The molecule has 162 valence electrons. The second-order valence-electron chi connectivity index (χ2n) is 7.98. The van der Waals surface area contributed by atoms with Gasteiger partial charge in [0.15, 0.2) is 10.9 Å². The molecule has 32 heavy (non-hydrogen) atoms. The van der Waals surface area contributed by atoms with Crippen molar-refractivity contribution in [3.05, 3.63) is 85.5 Å². The highest BCUT2D eigenvalue weighted by atomic mass is 35.5. The van der Waals surface area contributed by atoms with Gasteiger partial charge < -0.3 is 0 Å². The van der Waals surface area contributed by atoms with Gasteiger partial charge in [-0.15, -0.1) is 11.3 Å². The zero-order valence-electron chi connectivity index (χ0n) is 17.6. The number of nitrogens with zero attached hydrogens (tertiary/aromatic N) is 2. The van der Waals surface area contributed by atoms with Gasteiger partial charge in [0.05, 0.1) is 16.8 Å². The number of ketones is 1. The Morgan fingerprint density at radius 3 is 2.72 bits per heavy atom. The summed E-state index contributed by atoms with van der Waals surface area (Å²) in [6.45, 7) is 2.00. The number of Topliss-reactive ketones (excluding diaryl/α,β-unsaturated/α-hetero) is 1. The fourth-order valence-electron chi connectivity index (χ4n) is 4.13. The summed E-state index contributed by atoms with van der Waals surface area (Å²) in [6.07, 6.45) is 4.21. The third-order valence-electron chi connectivity index (χ3n) is 5.72. The van der Waals surface area contributed by atoms with Crippen molar-refractivity contribution >= 4 is 50.7 Å². The van der Waals surface area contributed by atoms with Gasteiger partial charge in [-0.2, -0.15) is 0 Å². The first-order valence-corrected chi connectivity index (χ1v) is 12.7. The Morgan fingerprint density at radius 2 is 1.94 bits per heavy atom. The van der Waals surface area contributed by atoms with E-state index in [9.17, 15) is 9.59 Å². The van der Waals surface area contributed by atoms with Crippen molar-refractivity contribution in [3.63, 3.8) is 0 Å². The Hall–Kier alpha value is -2.41. The molecule has 4 nitrogen and oxygen atoms in total. The molecule has 0 saturated heterocycles. The number of aryl methyl sites for hydroxylation is 3. The quantitative estimate of drug-likeness (QED) is 0.192. The third kappa shape index (κ3) is 4.03. The predicted octanol–water partition coefficient (Wildman–Crippen LogP) is 6.26. The zero-order valence-corrected chi connectivity index (χ0v) is 19.9. The minimum Gasteiger partial charge on any atom is -0.293 e. The molecule has 0 saturated carbocycles. The number of thioether (sulfide) groups is 1. The lowest BCUT2D eigenvalue weighted by Gasteiger charge is -2.14. The van der Waals surface area contributed by atoms with Crippen molar-refractivity contribution in [1.29, 1.82) is 0 Å². The van der Waals surface area contributed by atoms with Crippen LogP contribution in [0.1, 0.15) is 39.2 Å². The SMILES string of the molecule is Cc1cccc(-n2c(SCC(=O)c3ccc(Cl)cc3)nc3sc4c(c3c2=O)CCCC4)c1. The van der Waals surface area contributed by atoms with Crippen LogP contribution in [0.15, 0.2) is 58.5 Å². The summed E-state index contributed by atoms with van der Waals surface area (Å²) >= 11 is 8.88. The molecular formula is C25H21ClN2O2S2. The van der Waals surface area contributed by atoms with E-state index in [1.165, 1.54) is 22.2 Å². The number of carbonyl (C=O) groups excluding carboxylic acids is 1. The molecule has 0 fully saturated rings. The number of fused-ring (bicyclic) bond motifs is 3. The molecule has 2 aromatic carbocycles. The lowest BCUT2D eigenvalue weighted by atomic mass is 9.97. The van der Waals surface area contributed by atoms with E-state index in [4.69, 9.17) is 16.6 Å². The van der Waals surface area contributed by atoms with Gasteiger partial charge >= 0.3 is 0 Å². The smallest absolute Gasteiger partial charge is 0.267 e. The van der Waals surface area contributed by atoms with Gasteiger partial charge in [0, 0.05) is 15.5 Å². The molecule has 0 bridgehead atoms. The van der Waals surface area contributed by atoms with Gasteiger partial charge in [0.25, 0.3) is 5.56 Å². The van der Waals surface area contributed by atoms with Crippen LogP contribution >= 0.6 is 34.7 Å². The predicted molar refractivity (Wildman–Crippen MR) is 133 cm³/mol. The van der Waals surface area contributed by atoms with E-state index in [1.54, 1.807) is 40.2 Å². The largest absolute Gasteiger partial charge is 0.293 e. The molecule has 2 heterocycles. The van der Waals surface area contributed by atoms with E-state index in [-0.39, 0.29) is 17.1 Å². The highest BCUT2D eigenvalue weighted by Crippen LogP contribution is 2.35. The summed E-state index contributed by atoms with van der Waals surface area (Å²) in [5.41, 5.74) is 3.57. The number of hydrogen-bond acceptors (Lipinski definition) is 5. The van der Waals surface area contributed by atoms with Gasteiger partial charge in [-0.25, -0.2) is 4.98 Å². The van der Waals surface area contributed by atoms with Crippen LogP contribution in [0.2, 0.25) is 5.02 Å². The Kier molecular flexibility index (Phi) is 5.93. The number of thiophene rings is 1. The Labute approximate surface area is 199 Å². The van der Waals surface area contributed by atoms with Crippen LogP contribution in [-0.4, -0.2) is 21.1 Å². The van der Waals surface area contributed by atoms with Crippen LogP contribution in [0.5, 0.6) is 0 Å². The van der Waals surface area contributed by atoms with Crippen LogP contribution in [0.3, 0.4) is 0 Å². The van der Waals surface area contributed by atoms with Crippen molar-refractivity contribution in [2.24, 2.45) is 0 Å². The first-order valence-electron chi connectivity index (χ1n) is 10.6. The molecule has 7 heteroatoms. The van der Waals surface area contributed by atoms with Gasteiger partial charge in [0.1, 0.15) is 4.83 Å². The van der Waals surface area contributed by atoms with E-state index in [0.717, 1.165) is 47.2 Å². The summed E-state index contributed by atoms with van der Waals surface area (Å²) in [5, 5.41) is 1.89. The van der Waals surface area contributed by atoms with Crippen molar-refractivity contribution in [2.75, 3.05) is 5.75 Å². The van der Waals surface area contributed by atoms with Gasteiger partial charge in [-0.3, -0.25) is 14.2 Å². The first-order chi connectivity index (χ1) is 15.5. The summed E-state index contributed by atoms with van der Waals surface area (Å²) in [5.74, 6) is 0.165. The molecule has 1 aliphatic carbocycles. The van der Waals surface area contributed by atoms with Crippen molar-refractivity contribution < 1.29 is 4.79 Å². The summed E-state index contributed by atoms with van der Waals surface area (Å²) < 4.78 is 1.68. The standard InChI is InChI=1S/C25H21ClN2O2S2/c1-15-5-4-6-18(13-15)28-24(30)22-19-7-2-3-8-21(19)32-23(22)27-25(28)31-14-20(29)16-9-11-17(26)12-10-16/h4-6,9-13H,2-3,7-8,14H2,1H3. The lowest BCUT2D eigenvalue weighted by molar-refractivity contribution is 0.102. The summed E-state index contributed by atoms with van der Waals surface area (Å²) in [7, 11) is 0. The third-order valence-corrected chi connectivity index (χ3v) is 8.09. The van der Waals surface area contributed by atoms with Gasteiger partial charge in [0.2, 0.25) is 0 Å². The van der Waals surface area contributed by atoms with Crippen LogP contribution < -0.4 is 5.56 Å². The van der Waals surface area contributed by atoms with Crippen LogP contribution in [0.25, 0.3) is 15.9 Å². The van der Waals surface area contributed by atoms with E-state index in [1.807, 2.05) is 31.2 Å². The molecule has 0 atom stereocenters. The number of hydrogen-bond donors (Lipinski definition) is 0. The lowest BCUT2D eigenvalue weighted by Crippen LogP contribution is -2.22. The molecule has 5 rings (SSSR count). The molecule has 0 N–H and O–H groups in total. The number of rotatable bonds is 5. The second kappa shape index (κ2) is 8.85. The van der Waals surface area contributed by atoms with E-state index < -0.39 is 0 Å². The molecule has 1 aliphatic rings. The number of halogens is 1. The van der Waals surface area contributed by atoms with E-state index >= 15 is 0 Å². The molecule has 0 amide bonds. The molecule has 4 aromatic rings. The number of aromatic nitrogens is 2. The first kappa shape index (κ1) is 21.4. The van der Waals surface area contributed by atoms with Crippen LogP contribution in [0, 0.1) is 6.92 Å². The second-order valence-corrected chi connectivity index (χ2v) is 10.4. The average molecular weight is 481 g/mol. The monoisotopic (exact) mass is 480 g/mol. The average Bonchev–Trinajstić information content (AvgIpc) is 3.16. The maximum absolute atomic E-state index is 13.8. The molecular weight excluding hydrogens is 460 g/mol. The van der Waals surface area contributed by atoms with Gasteiger partial charge in [-0.1, -0.05) is 35.5 Å². The van der Waals surface area contributed by atoms with Crippen molar-refractivity contribution in [3.8, 4) is 5.69 Å². The summed E-state index contributed by atoms with van der Waals surface area (Å²) in [4.78, 5) is 33.5. The minimum atomic E-state index is -0.0403. The maximum atomic E-state index is 13.8. The highest BCUT2D eigenvalue weighted by molar-refractivity contribution is 7.99. The molecule has 0 radical (unpaired) electrons. The molecule has 0 spiro atoms. The number of benzene rings is 2. The van der Waals surface area contributed by atoms with E-state index in [0.29, 0.717) is 15.7 Å². The normalized spacial score (nSPS) is 13.3. The van der Waals surface area contributed by atoms with E-state index in [2.05, 4.69) is 0 Å². The Balaban J connectivity index is 1.60. The fraction of sp³-hybridized carbons (Fsp3) is 0.240. The topological polar surface area (TPSA) is 52.0 Å². The minimum absolute atomic E-state index is 0.0257. The Bertz CT molecular complexity index is 1390. The zero-order chi connectivity index (χ0) is 22.2. The highest BCUT2D eigenvalue weighted by Gasteiger charge is 2.23. The van der Waals surface area contributed by atoms with Crippen LogP contribution in [0.4, 0.5) is 0 Å². The molecule has 0 unspecified atom stereocenters. The fourth-order valence-corrected chi connectivity index (χ4v) is 6.46. The number of carbonyl (C=O) groups is 1. The molecule has 2 aromatic heterocycles. The Morgan fingerprint density at radius 1 is 1.16 bits per heavy atom. The van der Waals surface area contributed by atoms with Crippen molar-refractivity contribution in [1.82, 2.24) is 9.55 Å². The molecule has 0 aliphatic heterocycles. The van der Waals surface area contributed by atoms with Crippen LogP contribution in [-0.2, 0) is 12.8 Å².